The summed E-state index contributed by atoms with van der Waals surface area (Å²) < 4.78 is 8.39. The molecule has 3 heteroatoms. The molecule has 1 aliphatic carbocycles. The molecular formula is C23H31IOSi. The number of halogens is 1. The molecule has 0 heterocycles. The Kier molecular flexibility index (Phi) is 6.30. The lowest BCUT2D eigenvalue weighted by Gasteiger charge is -2.48. The van der Waals surface area contributed by atoms with Crippen molar-refractivity contribution in [3.8, 4) is 0 Å². The Bertz CT molecular complexity index is 650. The highest BCUT2D eigenvalue weighted by atomic mass is 127. The fourth-order valence-electron chi connectivity index (χ4n) is 4.37. The molecule has 0 saturated heterocycles. The Labute approximate surface area is 173 Å². The third-order valence-electron chi connectivity index (χ3n) is 6.05. The first-order chi connectivity index (χ1) is 12.4. The van der Waals surface area contributed by atoms with Gasteiger partial charge in [-0.3, -0.25) is 0 Å². The monoisotopic (exact) mass is 478 g/mol. The van der Waals surface area contributed by atoms with Gasteiger partial charge in [-0.15, -0.1) is 0 Å². The first kappa shape index (κ1) is 20.1. The normalized spacial score (nSPS) is 16.9. The second kappa shape index (κ2) is 8.15. The Morgan fingerprint density at radius 2 is 1.42 bits per heavy atom. The Hall–Kier alpha value is -0.653. The molecule has 1 fully saturated rings. The van der Waals surface area contributed by atoms with Gasteiger partial charge in [-0.1, -0.05) is 110 Å². The van der Waals surface area contributed by atoms with Crippen molar-refractivity contribution in [2.45, 2.75) is 51.5 Å². The van der Waals surface area contributed by atoms with Crippen molar-refractivity contribution >= 4 is 41.3 Å². The van der Waals surface area contributed by atoms with Gasteiger partial charge >= 0.3 is 0 Å². The Balaban J connectivity index is 2.06. The van der Waals surface area contributed by atoms with E-state index in [9.17, 15) is 0 Å². The smallest absolute Gasteiger partial charge is 0.261 e. The molecule has 140 valence electrons. The zero-order valence-electron chi connectivity index (χ0n) is 16.3. The zero-order valence-corrected chi connectivity index (χ0v) is 19.5. The summed E-state index contributed by atoms with van der Waals surface area (Å²) in [5, 5.41) is 2.86. The fraction of sp³-hybridized carbons (Fsp3) is 0.478. The molecule has 0 bridgehead atoms. The van der Waals surface area contributed by atoms with Gasteiger partial charge in [-0.2, -0.15) is 0 Å². The van der Waals surface area contributed by atoms with E-state index in [1.165, 1.54) is 40.5 Å². The average Bonchev–Trinajstić information content (AvgIpc) is 2.60. The molecule has 0 unspecified atom stereocenters. The van der Waals surface area contributed by atoms with Gasteiger partial charge < -0.3 is 4.43 Å². The van der Waals surface area contributed by atoms with Crippen LogP contribution in [-0.4, -0.2) is 19.4 Å². The van der Waals surface area contributed by atoms with Crippen molar-refractivity contribution < 1.29 is 4.43 Å². The standard InChI is InChI=1S/C23H31IOSi/c1-22(2,3)26(20-11-6-4-7-12-20,21-13-8-5-9-14-21)25-19-23(17-18-24)15-10-16-23/h4-9,11-14H,10,15-19H2,1-3H3. The summed E-state index contributed by atoms with van der Waals surface area (Å²) in [4.78, 5) is 0. The highest BCUT2D eigenvalue weighted by Crippen LogP contribution is 2.46. The maximum Gasteiger partial charge on any atom is 0.261 e. The second-order valence-corrected chi connectivity index (χ2v) is 14.1. The highest BCUT2D eigenvalue weighted by molar-refractivity contribution is 14.1. The van der Waals surface area contributed by atoms with Crippen molar-refractivity contribution in [1.82, 2.24) is 0 Å². The van der Waals surface area contributed by atoms with Gasteiger partial charge in [0, 0.05) is 11.0 Å². The van der Waals surface area contributed by atoms with E-state index in [4.69, 9.17) is 4.43 Å². The first-order valence-electron chi connectivity index (χ1n) is 9.75. The van der Waals surface area contributed by atoms with Crippen LogP contribution in [0.4, 0.5) is 0 Å². The summed E-state index contributed by atoms with van der Waals surface area (Å²) in [5.41, 5.74) is 0.411. The van der Waals surface area contributed by atoms with Crippen LogP contribution in [0.3, 0.4) is 0 Å². The molecule has 0 amide bonds. The molecule has 3 rings (SSSR count). The molecule has 0 aromatic heterocycles. The fourth-order valence-corrected chi connectivity index (χ4v) is 10.2. The van der Waals surface area contributed by atoms with Gasteiger partial charge in [0.25, 0.3) is 8.32 Å². The van der Waals surface area contributed by atoms with E-state index in [0.717, 1.165) is 6.61 Å². The SMILES string of the molecule is CC(C)(C)[Si](OCC1(CCI)CCC1)(c1ccccc1)c1ccccc1. The van der Waals surface area contributed by atoms with Crippen LogP contribution in [-0.2, 0) is 4.43 Å². The number of benzene rings is 2. The van der Waals surface area contributed by atoms with Crippen molar-refractivity contribution in [2.24, 2.45) is 5.41 Å². The average molecular weight is 478 g/mol. The molecule has 1 saturated carbocycles. The van der Waals surface area contributed by atoms with E-state index >= 15 is 0 Å². The van der Waals surface area contributed by atoms with Gasteiger partial charge in [0.1, 0.15) is 0 Å². The summed E-state index contributed by atoms with van der Waals surface area (Å²) in [6.45, 7) is 8.00. The second-order valence-electron chi connectivity index (χ2n) is 8.74. The molecular weight excluding hydrogens is 447 g/mol. The Morgan fingerprint density at radius 3 is 1.77 bits per heavy atom. The van der Waals surface area contributed by atoms with Crippen molar-refractivity contribution in [3.05, 3.63) is 60.7 Å². The number of hydrogen-bond acceptors (Lipinski definition) is 1. The van der Waals surface area contributed by atoms with E-state index in [1.807, 2.05) is 0 Å². The molecule has 0 N–H and O–H groups in total. The summed E-state index contributed by atoms with van der Waals surface area (Å²) in [6, 6.07) is 22.0. The van der Waals surface area contributed by atoms with Crippen LogP contribution in [0, 0.1) is 5.41 Å². The predicted octanol–water partition coefficient (Wildman–Crippen LogP) is 5.56. The lowest BCUT2D eigenvalue weighted by Crippen LogP contribution is -2.67. The topological polar surface area (TPSA) is 9.23 Å². The predicted molar refractivity (Wildman–Crippen MR) is 123 cm³/mol. The first-order valence-corrected chi connectivity index (χ1v) is 13.2. The van der Waals surface area contributed by atoms with Crippen molar-refractivity contribution in [1.29, 1.82) is 0 Å². The van der Waals surface area contributed by atoms with Crippen LogP contribution in [0.2, 0.25) is 5.04 Å². The van der Waals surface area contributed by atoms with Crippen molar-refractivity contribution in [2.75, 3.05) is 11.0 Å². The van der Waals surface area contributed by atoms with E-state index in [-0.39, 0.29) is 5.04 Å². The highest BCUT2D eigenvalue weighted by Gasteiger charge is 2.51. The van der Waals surface area contributed by atoms with Crippen LogP contribution in [0.15, 0.2) is 60.7 Å². The molecule has 0 radical (unpaired) electrons. The van der Waals surface area contributed by atoms with Crippen LogP contribution >= 0.6 is 22.6 Å². The maximum absolute atomic E-state index is 7.16. The van der Waals surface area contributed by atoms with Crippen LogP contribution in [0.5, 0.6) is 0 Å². The minimum atomic E-state index is -2.37. The number of rotatable bonds is 7. The lowest BCUT2D eigenvalue weighted by molar-refractivity contribution is 0.0507. The minimum Gasteiger partial charge on any atom is -0.407 e. The van der Waals surface area contributed by atoms with Crippen LogP contribution < -0.4 is 10.4 Å². The van der Waals surface area contributed by atoms with Gasteiger partial charge in [0.15, 0.2) is 0 Å². The number of alkyl halides is 1. The van der Waals surface area contributed by atoms with Gasteiger partial charge in [-0.05, 0) is 40.1 Å². The van der Waals surface area contributed by atoms with Gasteiger partial charge in [-0.25, -0.2) is 0 Å². The van der Waals surface area contributed by atoms with E-state index in [1.54, 1.807) is 0 Å². The molecule has 1 aliphatic rings. The van der Waals surface area contributed by atoms with Crippen LogP contribution in [0.1, 0.15) is 46.5 Å². The van der Waals surface area contributed by atoms with Gasteiger partial charge in [0.2, 0.25) is 0 Å². The third kappa shape index (κ3) is 3.81. The minimum absolute atomic E-state index is 0.0744. The molecule has 0 aliphatic heterocycles. The van der Waals surface area contributed by atoms with Crippen molar-refractivity contribution in [3.63, 3.8) is 0 Å². The van der Waals surface area contributed by atoms with Gasteiger partial charge in [0.05, 0.1) is 0 Å². The number of hydrogen-bond donors (Lipinski definition) is 0. The summed E-state index contributed by atoms with van der Waals surface area (Å²) in [5.74, 6) is 0. The molecule has 0 atom stereocenters. The summed E-state index contributed by atoms with van der Waals surface area (Å²) in [7, 11) is -2.37. The largest absolute Gasteiger partial charge is 0.407 e. The zero-order chi connectivity index (χ0) is 18.7. The van der Waals surface area contributed by atoms with E-state index in [0.29, 0.717) is 5.41 Å². The quantitative estimate of drug-likeness (QED) is 0.288. The van der Waals surface area contributed by atoms with E-state index in [2.05, 4.69) is 104 Å². The molecule has 1 nitrogen and oxygen atoms in total. The maximum atomic E-state index is 7.16. The molecule has 26 heavy (non-hydrogen) atoms. The summed E-state index contributed by atoms with van der Waals surface area (Å²) >= 11 is 2.53. The van der Waals surface area contributed by atoms with Crippen LogP contribution in [0.25, 0.3) is 0 Å². The molecule has 2 aromatic rings. The lowest BCUT2D eigenvalue weighted by atomic mass is 9.68. The Morgan fingerprint density at radius 1 is 0.923 bits per heavy atom. The van der Waals surface area contributed by atoms with E-state index < -0.39 is 8.32 Å². The molecule has 2 aromatic carbocycles. The third-order valence-corrected chi connectivity index (χ3v) is 11.6. The summed E-state index contributed by atoms with van der Waals surface area (Å²) in [6.07, 6.45) is 5.30. The molecule has 0 spiro atoms.